The number of nitrogens with zero attached hydrogens (tertiary/aromatic N) is 2. The molecule has 5 heteroatoms. The summed E-state index contributed by atoms with van der Waals surface area (Å²) in [5, 5.41) is 10.1. The molecule has 1 aliphatic rings. The summed E-state index contributed by atoms with van der Waals surface area (Å²) < 4.78 is 13.4. The minimum absolute atomic E-state index is 0.245. The van der Waals surface area contributed by atoms with E-state index in [9.17, 15) is 14.3 Å². The SMILES string of the molecule is C[C@@H]1CCCN1c1cc2cc(C(=O)O)ccc2nc1-c1ccc(F)cc1. The van der Waals surface area contributed by atoms with Crippen LogP contribution in [0, 0.1) is 5.82 Å². The third kappa shape index (κ3) is 2.90. The first kappa shape index (κ1) is 16.5. The molecule has 0 unspecified atom stereocenters. The molecule has 1 fully saturated rings. The van der Waals surface area contributed by atoms with Crippen molar-refractivity contribution in [3.05, 3.63) is 59.9 Å². The Morgan fingerprint density at radius 3 is 2.62 bits per heavy atom. The van der Waals surface area contributed by atoms with Gasteiger partial charge in [0.1, 0.15) is 5.82 Å². The number of carboxylic acid groups (broad SMARTS) is 1. The maximum atomic E-state index is 13.4. The summed E-state index contributed by atoms with van der Waals surface area (Å²) in [7, 11) is 0. The average molecular weight is 350 g/mol. The fraction of sp³-hybridized carbons (Fsp3) is 0.238. The first-order chi connectivity index (χ1) is 12.5. The molecule has 0 bridgehead atoms. The molecule has 0 amide bonds. The van der Waals surface area contributed by atoms with Crippen molar-refractivity contribution in [3.8, 4) is 11.3 Å². The van der Waals surface area contributed by atoms with Gasteiger partial charge in [-0.3, -0.25) is 0 Å². The Morgan fingerprint density at radius 2 is 1.96 bits per heavy atom. The van der Waals surface area contributed by atoms with Gasteiger partial charge in [-0.05, 0) is 68.3 Å². The van der Waals surface area contributed by atoms with Crippen LogP contribution in [-0.2, 0) is 0 Å². The lowest BCUT2D eigenvalue weighted by molar-refractivity contribution is 0.0697. The predicted molar refractivity (Wildman–Crippen MR) is 100 cm³/mol. The van der Waals surface area contributed by atoms with E-state index in [0.29, 0.717) is 6.04 Å². The summed E-state index contributed by atoms with van der Waals surface area (Å²) in [6.45, 7) is 3.11. The van der Waals surface area contributed by atoms with Crippen LogP contribution >= 0.6 is 0 Å². The van der Waals surface area contributed by atoms with Crippen LogP contribution in [0.4, 0.5) is 10.1 Å². The van der Waals surface area contributed by atoms with Gasteiger partial charge in [0.25, 0.3) is 0 Å². The van der Waals surface area contributed by atoms with Crippen molar-refractivity contribution < 1.29 is 14.3 Å². The van der Waals surface area contributed by atoms with Gasteiger partial charge in [-0.25, -0.2) is 14.2 Å². The Balaban J connectivity index is 1.94. The first-order valence-electron chi connectivity index (χ1n) is 8.73. The Morgan fingerprint density at radius 1 is 1.19 bits per heavy atom. The van der Waals surface area contributed by atoms with E-state index >= 15 is 0 Å². The third-order valence-corrected chi connectivity index (χ3v) is 5.02. The molecule has 1 atom stereocenters. The van der Waals surface area contributed by atoms with Gasteiger partial charge in [-0.15, -0.1) is 0 Å². The Kier molecular flexibility index (Phi) is 4.07. The molecule has 0 radical (unpaired) electrons. The number of hydrogen-bond acceptors (Lipinski definition) is 3. The molecule has 1 N–H and O–H groups in total. The molecule has 2 aromatic carbocycles. The number of carbonyl (C=O) groups is 1. The molecule has 4 nitrogen and oxygen atoms in total. The molecule has 26 heavy (non-hydrogen) atoms. The third-order valence-electron chi connectivity index (χ3n) is 5.02. The fourth-order valence-corrected chi connectivity index (χ4v) is 3.63. The number of fused-ring (bicyclic) bond motifs is 1. The van der Waals surface area contributed by atoms with Crippen LogP contribution in [0.3, 0.4) is 0 Å². The standard InChI is InChI=1S/C21H19FN2O2/c1-13-3-2-10-24(13)19-12-16-11-15(21(25)26)6-9-18(16)23-20(19)14-4-7-17(22)8-5-14/h4-9,11-13H,2-3,10H2,1H3,(H,25,26)/t13-/m1/s1. The van der Waals surface area contributed by atoms with Crippen molar-refractivity contribution in [2.24, 2.45) is 0 Å². The van der Waals surface area contributed by atoms with Gasteiger partial charge < -0.3 is 10.0 Å². The zero-order valence-corrected chi connectivity index (χ0v) is 14.4. The van der Waals surface area contributed by atoms with E-state index in [2.05, 4.69) is 11.8 Å². The van der Waals surface area contributed by atoms with Crippen LogP contribution in [0.25, 0.3) is 22.2 Å². The van der Waals surface area contributed by atoms with Gasteiger partial charge in [0.15, 0.2) is 0 Å². The van der Waals surface area contributed by atoms with Crippen LogP contribution in [0.1, 0.15) is 30.1 Å². The molecule has 0 saturated carbocycles. The molecule has 1 saturated heterocycles. The molecular formula is C21H19FN2O2. The van der Waals surface area contributed by atoms with E-state index in [1.807, 2.05) is 6.07 Å². The van der Waals surface area contributed by atoms with Gasteiger partial charge in [-0.1, -0.05) is 0 Å². The van der Waals surface area contributed by atoms with Crippen molar-refractivity contribution in [2.75, 3.05) is 11.4 Å². The highest BCUT2D eigenvalue weighted by Crippen LogP contribution is 2.36. The Hall–Kier alpha value is -2.95. The van der Waals surface area contributed by atoms with E-state index in [1.54, 1.807) is 30.3 Å². The number of hydrogen-bond donors (Lipinski definition) is 1. The number of aromatic nitrogens is 1. The minimum atomic E-state index is -0.953. The van der Waals surface area contributed by atoms with Crippen LogP contribution in [0.15, 0.2) is 48.5 Å². The Labute approximate surface area is 150 Å². The lowest BCUT2D eigenvalue weighted by Crippen LogP contribution is -2.27. The lowest BCUT2D eigenvalue weighted by Gasteiger charge is -2.26. The number of carboxylic acids is 1. The second kappa shape index (κ2) is 6.41. The highest BCUT2D eigenvalue weighted by Gasteiger charge is 2.24. The molecular weight excluding hydrogens is 331 g/mol. The second-order valence-corrected chi connectivity index (χ2v) is 6.76. The van der Waals surface area contributed by atoms with E-state index in [4.69, 9.17) is 4.98 Å². The lowest BCUT2D eigenvalue weighted by atomic mass is 10.0. The number of rotatable bonds is 3. The maximum absolute atomic E-state index is 13.4. The summed E-state index contributed by atoms with van der Waals surface area (Å²) in [5.41, 5.74) is 3.59. The van der Waals surface area contributed by atoms with Gasteiger partial charge in [0.05, 0.1) is 22.5 Å². The van der Waals surface area contributed by atoms with Crippen molar-refractivity contribution in [1.82, 2.24) is 4.98 Å². The van der Waals surface area contributed by atoms with Gasteiger partial charge >= 0.3 is 5.97 Å². The number of anilines is 1. The molecule has 0 spiro atoms. The van der Waals surface area contributed by atoms with Crippen LogP contribution in [-0.4, -0.2) is 28.6 Å². The van der Waals surface area contributed by atoms with E-state index < -0.39 is 5.97 Å². The van der Waals surface area contributed by atoms with Crippen molar-refractivity contribution in [1.29, 1.82) is 0 Å². The summed E-state index contributed by atoms with van der Waals surface area (Å²) in [6, 6.07) is 13.7. The normalized spacial score (nSPS) is 17.0. The number of halogens is 1. The first-order valence-corrected chi connectivity index (χ1v) is 8.73. The van der Waals surface area contributed by atoms with Crippen molar-refractivity contribution in [2.45, 2.75) is 25.8 Å². The molecule has 4 rings (SSSR count). The van der Waals surface area contributed by atoms with E-state index in [0.717, 1.165) is 47.2 Å². The zero-order valence-electron chi connectivity index (χ0n) is 14.4. The molecule has 1 aliphatic heterocycles. The molecule has 3 aromatic rings. The summed E-state index contributed by atoms with van der Waals surface area (Å²) in [6.07, 6.45) is 2.22. The summed E-state index contributed by atoms with van der Waals surface area (Å²) in [5.74, 6) is -1.23. The van der Waals surface area contributed by atoms with Gasteiger partial charge in [-0.2, -0.15) is 0 Å². The van der Waals surface area contributed by atoms with Gasteiger partial charge in [0.2, 0.25) is 0 Å². The van der Waals surface area contributed by atoms with E-state index in [-0.39, 0.29) is 11.4 Å². The molecule has 132 valence electrons. The largest absolute Gasteiger partial charge is 0.478 e. The van der Waals surface area contributed by atoms with Crippen molar-refractivity contribution in [3.63, 3.8) is 0 Å². The monoisotopic (exact) mass is 350 g/mol. The number of aromatic carboxylic acids is 1. The Bertz CT molecular complexity index is 985. The number of benzene rings is 2. The average Bonchev–Trinajstić information content (AvgIpc) is 3.06. The number of pyridine rings is 1. The smallest absolute Gasteiger partial charge is 0.335 e. The predicted octanol–water partition coefficient (Wildman–Crippen LogP) is 4.73. The van der Waals surface area contributed by atoms with Gasteiger partial charge in [0, 0.05) is 23.5 Å². The molecule has 2 heterocycles. The van der Waals surface area contributed by atoms with Crippen LogP contribution < -0.4 is 4.90 Å². The van der Waals surface area contributed by atoms with Crippen LogP contribution in [0.5, 0.6) is 0 Å². The second-order valence-electron chi connectivity index (χ2n) is 6.76. The molecule has 0 aliphatic carbocycles. The zero-order chi connectivity index (χ0) is 18.3. The highest BCUT2D eigenvalue weighted by molar-refractivity contribution is 5.96. The molecule has 1 aromatic heterocycles. The summed E-state index contributed by atoms with van der Waals surface area (Å²) >= 11 is 0. The maximum Gasteiger partial charge on any atom is 0.335 e. The van der Waals surface area contributed by atoms with Crippen molar-refractivity contribution >= 4 is 22.6 Å². The van der Waals surface area contributed by atoms with Crippen LogP contribution in [0.2, 0.25) is 0 Å². The minimum Gasteiger partial charge on any atom is -0.478 e. The fourth-order valence-electron chi connectivity index (χ4n) is 3.63. The topological polar surface area (TPSA) is 53.4 Å². The van der Waals surface area contributed by atoms with E-state index in [1.165, 1.54) is 12.1 Å². The highest BCUT2D eigenvalue weighted by atomic mass is 19.1. The summed E-state index contributed by atoms with van der Waals surface area (Å²) in [4.78, 5) is 18.4. The quantitative estimate of drug-likeness (QED) is 0.742.